The lowest BCUT2D eigenvalue weighted by Crippen LogP contribution is -2.13. The number of nitrogens with one attached hydrogen (secondary N) is 1. The number of thiazole rings is 2. The van der Waals surface area contributed by atoms with E-state index in [2.05, 4.69) is 15.3 Å². The number of nitrogens with zero attached hydrogens (tertiary/aromatic N) is 2. The van der Waals surface area contributed by atoms with Crippen molar-refractivity contribution in [3.8, 4) is 16.5 Å². The lowest BCUT2D eigenvalue weighted by molar-refractivity contribution is -0.113. The smallest absolute Gasteiger partial charge is 0.236 e. The Labute approximate surface area is 168 Å². The molecule has 2 aromatic carbocycles. The minimum Gasteiger partial charge on any atom is -0.497 e. The molecule has 2 aromatic heterocycles. The zero-order valence-electron chi connectivity index (χ0n) is 14.3. The average molecular weight is 414 g/mol. The van der Waals surface area contributed by atoms with E-state index in [9.17, 15) is 4.79 Å². The summed E-state index contributed by atoms with van der Waals surface area (Å²) in [5.41, 5.74) is 1.76. The number of hydrogen-bond donors (Lipinski definition) is 1. The van der Waals surface area contributed by atoms with E-state index in [0.29, 0.717) is 10.9 Å². The molecule has 0 unspecified atom stereocenters. The second kappa shape index (κ2) is 8.08. The van der Waals surface area contributed by atoms with Crippen LogP contribution < -0.4 is 10.1 Å². The van der Waals surface area contributed by atoms with E-state index in [4.69, 9.17) is 4.74 Å². The highest BCUT2D eigenvalue weighted by molar-refractivity contribution is 8.00. The third-order valence-corrected chi connectivity index (χ3v) is 6.52. The number of benzene rings is 2. The number of methoxy groups -OCH3 is 1. The number of fused-ring (bicyclic) bond motifs is 1. The van der Waals surface area contributed by atoms with E-state index in [1.807, 2.05) is 53.9 Å². The fourth-order valence-electron chi connectivity index (χ4n) is 2.39. The van der Waals surface area contributed by atoms with Crippen LogP contribution >= 0.6 is 34.4 Å². The molecule has 1 amide bonds. The van der Waals surface area contributed by atoms with Gasteiger partial charge in [0.2, 0.25) is 5.91 Å². The molecule has 2 heterocycles. The number of ether oxygens (including phenoxy) is 1. The van der Waals surface area contributed by atoms with Gasteiger partial charge in [-0.25, -0.2) is 9.97 Å². The van der Waals surface area contributed by atoms with E-state index in [-0.39, 0.29) is 5.91 Å². The van der Waals surface area contributed by atoms with Gasteiger partial charge in [0.1, 0.15) is 16.5 Å². The number of aromatic nitrogens is 2. The second-order valence-corrected chi connectivity index (χ2v) is 8.47. The van der Waals surface area contributed by atoms with E-state index < -0.39 is 0 Å². The van der Waals surface area contributed by atoms with Crippen LogP contribution in [0.25, 0.3) is 20.9 Å². The van der Waals surface area contributed by atoms with Crippen molar-refractivity contribution in [1.29, 1.82) is 0 Å². The highest BCUT2D eigenvalue weighted by Gasteiger charge is 2.12. The highest BCUT2D eigenvalue weighted by atomic mass is 32.2. The molecule has 0 atom stereocenters. The molecule has 1 N–H and O–H groups in total. The molecule has 0 aliphatic carbocycles. The normalized spacial score (nSPS) is 10.9. The number of rotatable bonds is 6. The molecule has 5 nitrogen and oxygen atoms in total. The third-order valence-electron chi connectivity index (χ3n) is 3.69. The van der Waals surface area contributed by atoms with Gasteiger partial charge in [-0.1, -0.05) is 12.1 Å². The molecule has 0 radical (unpaired) electrons. The van der Waals surface area contributed by atoms with Gasteiger partial charge in [0, 0.05) is 10.3 Å². The second-order valence-electron chi connectivity index (χ2n) is 5.54. The van der Waals surface area contributed by atoms with Gasteiger partial charge >= 0.3 is 0 Å². The molecule has 0 aliphatic heterocycles. The number of thioether (sulfide) groups is 1. The Kier molecular flexibility index (Phi) is 5.38. The molecular formula is C19H15N3O2S3. The first kappa shape index (κ1) is 18.0. The Hall–Kier alpha value is -2.42. The summed E-state index contributed by atoms with van der Waals surface area (Å²) >= 11 is 4.48. The summed E-state index contributed by atoms with van der Waals surface area (Å²) in [7, 11) is 1.63. The summed E-state index contributed by atoms with van der Waals surface area (Å²) in [5, 5.41) is 6.23. The summed E-state index contributed by atoms with van der Waals surface area (Å²) in [6.45, 7) is 0. The van der Waals surface area contributed by atoms with Crippen LogP contribution in [0.5, 0.6) is 5.75 Å². The standard InChI is InChI=1S/C19H15N3O2S3/c1-24-12-6-8-13(9-7-12)25-11-17(23)22-19-21-15(10-26-19)18-20-14-4-2-3-5-16(14)27-18/h2-10H,11H2,1H3,(H,21,22,23). The highest BCUT2D eigenvalue weighted by Crippen LogP contribution is 2.32. The number of para-hydroxylation sites is 1. The molecule has 0 spiro atoms. The fraction of sp³-hybridized carbons (Fsp3) is 0.105. The summed E-state index contributed by atoms with van der Waals surface area (Å²) in [6.07, 6.45) is 0. The molecule has 27 heavy (non-hydrogen) atoms. The van der Waals surface area contributed by atoms with Crippen molar-refractivity contribution in [3.63, 3.8) is 0 Å². The number of anilines is 1. The topological polar surface area (TPSA) is 64.1 Å². The van der Waals surface area contributed by atoms with Crippen molar-refractivity contribution in [2.24, 2.45) is 0 Å². The number of hydrogen-bond acceptors (Lipinski definition) is 7. The maximum Gasteiger partial charge on any atom is 0.236 e. The zero-order valence-corrected chi connectivity index (χ0v) is 16.8. The van der Waals surface area contributed by atoms with Crippen LogP contribution in [0.3, 0.4) is 0 Å². The first-order chi connectivity index (χ1) is 13.2. The first-order valence-corrected chi connectivity index (χ1v) is 10.8. The van der Waals surface area contributed by atoms with Crippen molar-refractivity contribution in [2.75, 3.05) is 18.2 Å². The molecule has 0 fully saturated rings. The summed E-state index contributed by atoms with van der Waals surface area (Å²) in [5.74, 6) is 1.04. The predicted octanol–water partition coefficient (Wildman–Crippen LogP) is 5.16. The van der Waals surface area contributed by atoms with E-state index in [0.717, 1.165) is 31.6 Å². The minimum absolute atomic E-state index is 0.0824. The van der Waals surface area contributed by atoms with Crippen LogP contribution in [-0.2, 0) is 4.79 Å². The molecule has 8 heteroatoms. The van der Waals surface area contributed by atoms with Gasteiger partial charge in [0.05, 0.1) is 23.1 Å². The third kappa shape index (κ3) is 4.29. The lowest BCUT2D eigenvalue weighted by Gasteiger charge is -2.03. The molecule has 0 saturated carbocycles. The van der Waals surface area contributed by atoms with Crippen LogP contribution in [0.4, 0.5) is 5.13 Å². The van der Waals surface area contributed by atoms with Crippen LogP contribution in [-0.4, -0.2) is 28.7 Å². The van der Waals surface area contributed by atoms with E-state index in [1.54, 1.807) is 18.4 Å². The lowest BCUT2D eigenvalue weighted by atomic mass is 10.3. The molecular weight excluding hydrogens is 398 g/mol. The van der Waals surface area contributed by atoms with Crippen LogP contribution in [0.15, 0.2) is 58.8 Å². The van der Waals surface area contributed by atoms with Crippen molar-refractivity contribution < 1.29 is 9.53 Å². The molecule has 136 valence electrons. The molecule has 4 rings (SSSR count). The zero-order chi connectivity index (χ0) is 18.6. The number of amides is 1. The van der Waals surface area contributed by atoms with Crippen molar-refractivity contribution in [1.82, 2.24) is 9.97 Å². The Balaban J connectivity index is 1.37. The van der Waals surface area contributed by atoms with Gasteiger partial charge < -0.3 is 10.1 Å². The maximum atomic E-state index is 12.2. The number of carbonyl (C=O) groups is 1. The van der Waals surface area contributed by atoms with Crippen LogP contribution in [0.2, 0.25) is 0 Å². The molecule has 0 bridgehead atoms. The quantitative estimate of drug-likeness (QED) is 0.442. The van der Waals surface area contributed by atoms with Crippen molar-refractivity contribution in [3.05, 3.63) is 53.9 Å². The predicted molar refractivity (Wildman–Crippen MR) is 113 cm³/mol. The SMILES string of the molecule is COc1ccc(SCC(=O)Nc2nc(-c3nc4ccccc4s3)cs2)cc1. The van der Waals surface area contributed by atoms with Gasteiger partial charge in [-0.15, -0.1) is 34.4 Å². The summed E-state index contributed by atoms with van der Waals surface area (Å²) in [6, 6.07) is 15.6. The first-order valence-electron chi connectivity index (χ1n) is 8.09. The van der Waals surface area contributed by atoms with Gasteiger partial charge in [-0.3, -0.25) is 4.79 Å². The van der Waals surface area contributed by atoms with Gasteiger partial charge in [-0.05, 0) is 36.4 Å². The molecule has 0 aliphatic rings. The minimum atomic E-state index is -0.0824. The fourth-order valence-corrected chi connectivity index (χ4v) is 4.80. The molecule has 4 aromatic rings. The van der Waals surface area contributed by atoms with Gasteiger partial charge in [0.15, 0.2) is 5.13 Å². The maximum absolute atomic E-state index is 12.2. The largest absolute Gasteiger partial charge is 0.497 e. The monoisotopic (exact) mass is 413 g/mol. The Morgan fingerprint density at radius 1 is 1.15 bits per heavy atom. The Morgan fingerprint density at radius 2 is 1.96 bits per heavy atom. The van der Waals surface area contributed by atoms with E-state index >= 15 is 0 Å². The Morgan fingerprint density at radius 3 is 2.74 bits per heavy atom. The van der Waals surface area contributed by atoms with Crippen molar-refractivity contribution in [2.45, 2.75) is 4.90 Å². The summed E-state index contributed by atoms with van der Waals surface area (Å²) < 4.78 is 6.26. The van der Waals surface area contributed by atoms with E-state index in [1.165, 1.54) is 23.1 Å². The van der Waals surface area contributed by atoms with Crippen LogP contribution in [0.1, 0.15) is 0 Å². The Bertz CT molecular complexity index is 1040. The van der Waals surface area contributed by atoms with Crippen LogP contribution in [0, 0.1) is 0 Å². The summed E-state index contributed by atoms with van der Waals surface area (Å²) in [4.78, 5) is 22.3. The van der Waals surface area contributed by atoms with Gasteiger partial charge in [-0.2, -0.15) is 0 Å². The number of carbonyl (C=O) groups excluding carboxylic acids is 1. The average Bonchev–Trinajstić information content (AvgIpc) is 3.33. The molecule has 0 saturated heterocycles. The van der Waals surface area contributed by atoms with Gasteiger partial charge in [0.25, 0.3) is 0 Å². The van der Waals surface area contributed by atoms with Crippen molar-refractivity contribution >= 4 is 55.7 Å².